The van der Waals surface area contributed by atoms with Gasteiger partial charge in [-0.3, -0.25) is 0 Å². The van der Waals surface area contributed by atoms with Crippen molar-refractivity contribution in [3.05, 3.63) is 29.6 Å². The van der Waals surface area contributed by atoms with E-state index in [9.17, 15) is 9.50 Å². The van der Waals surface area contributed by atoms with E-state index in [-0.39, 0.29) is 22.5 Å². The van der Waals surface area contributed by atoms with Gasteiger partial charge in [-0.1, -0.05) is 13.8 Å². The molecule has 0 saturated heterocycles. The van der Waals surface area contributed by atoms with Gasteiger partial charge < -0.3 is 10.8 Å². The lowest BCUT2D eigenvalue weighted by atomic mass is 9.75. The molecule has 3 heteroatoms. The molecule has 1 aliphatic carbocycles. The molecule has 1 aliphatic rings. The summed E-state index contributed by atoms with van der Waals surface area (Å²) in [6.45, 7) is 3.91. The normalized spacial score (nSPS) is 18.9. The largest absolute Gasteiger partial charge is 0.508 e. The molecule has 0 amide bonds. The first-order valence-electron chi connectivity index (χ1n) is 5.15. The van der Waals surface area contributed by atoms with Gasteiger partial charge in [-0.2, -0.15) is 0 Å². The Bertz CT molecular complexity index is 397. The summed E-state index contributed by atoms with van der Waals surface area (Å²) in [4.78, 5) is 0. The Kier molecular flexibility index (Phi) is 2.05. The van der Waals surface area contributed by atoms with Crippen LogP contribution in [0.2, 0.25) is 0 Å². The van der Waals surface area contributed by atoms with Crippen LogP contribution in [-0.4, -0.2) is 10.6 Å². The molecule has 3 N–H and O–H groups in total. The third-order valence-corrected chi connectivity index (χ3v) is 3.67. The summed E-state index contributed by atoms with van der Waals surface area (Å²) in [6.07, 6.45) is 1.85. The summed E-state index contributed by atoms with van der Waals surface area (Å²) in [5.41, 5.74) is 6.06. The van der Waals surface area contributed by atoms with E-state index in [0.29, 0.717) is 5.56 Å². The molecule has 0 aromatic heterocycles. The fraction of sp³-hybridized carbons (Fsp3) is 0.500. The molecule has 0 atom stereocenters. The van der Waals surface area contributed by atoms with Crippen LogP contribution in [0, 0.1) is 5.82 Å². The fourth-order valence-corrected chi connectivity index (χ4v) is 2.04. The number of aromatic hydroxyl groups is 1. The van der Waals surface area contributed by atoms with Crippen molar-refractivity contribution in [1.29, 1.82) is 0 Å². The predicted octanol–water partition coefficient (Wildman–Crippen LogP) is 2.30. The fourth-order valence-electron chi connectivity index (χ4n) is 2.04. The van der Waals surface area contributed by atoms with Crippen molar-refractivity contribution in [2.24, 2.45) is 5.73 Å². The second kappa shape index (κ2) is 2.95. The van der Waals surface area contributed by atoms with Gasteiger partial charge in [-0.15, -0.1) is 0 Å². The van der Waals surface area contributed by atoms with Crippen molar-refractivity contribution in [1.82, 2.24) is 0 Å². The van der Waals surface area contributed by atoms with E-state index in [1.54, 1.807) is 0 Å². The molecule has 2 rings (SSSR count). The number of hydrogen-bond acceptors (Lipinski definition) is 2. The summed E-state index contributed by atoms with van der Waals surface area (Å²) < 4.78 is 13.1. The first-order chi connectivity index (χ1) is 6.87. The highest BCUT2D eigenvalue weighted by atomic mass is 19.1. The van der Waals surface area contributed by atoms with Crippen LogP contribution in [0.4, 0.5) is 4.39 Å². The number of halogens is 1. The number of rotatable bonds is 2. The van der Waals surface area contributed by atoms with Crippen LogP contribution >= 0.6 is 0 Å². The van der Waals surface area contributed by atoms with Crippen LogP contribution in [-0.2, 0) is 5.41 Å². The van der Waals surface area contributed by atoms with Gasteiger partial charge in [0.1, 0.15) is 11.6 Å². The third kappa shape index (κ3) is 1.51. The Morgan fingerprint density at radius 3 is 2.53 bits per heavy atom. The van der Waals surface area contributed by atoms with E-state index in [0.717, 1.165) is 12.8 Å². The number of phenolic OH excluding ortho intramolecular Hbond substituents is 1. The summed E-state index contributed by atoms with van der Waals surface area (Å²) in [5.74, 6) is -0.210. The Morgan fingerprint density at radius 1 is 1.40 bits per heavy atom. The topological polar surface area (TPSA) is 46.2 Å². The van der Waals surface area contributed by atoms with Gasteiger partial charge in [0.25, 0.3) is 0 Å². The minimum atomic E-state index is -0.390. The number of phenols is 1. The first kappa shape index (κ1) is 10.4. The average molecular weight is 209 g/mol. The van der Waals surface area contributed by atoms with Crippen LogP contribution < -0.4 is 5.73 Å². The van der Waals surface area contributed by atoms with E-state index >= 15 is 0 Å². The van der Waals surface area contributed by atoms with E-state index < -0.39 is 0 Å². The summed E-state index contributed by atoms with van der Waals surface area (Å²) in [5, 5.41) is 9.74. The Hall–Kier alpha value is -1.09. The maximum Gasteiger partial charge on any atom is 0.123 e. The highest BCUT2D eigenvalue weighted by molar-refractivity contribution is 5.42. The monoisotopic (exact) mass is 209 g/mol. The number of benzene rings is 1. The zero-order valence-electron chi connectivity index (χ0n) is 9.05. The predicted molar refractivity (Wildman–Crippen MR) is 57.2 cm³/mol. The lowest BCUT2D eigenvalue weighted by molar-refractivity contribution is 0.364. The molecular formula is C12H16FNO. The summed E-state index contributed by atoms with van der Waals surface area (Å²) >= 11 is 0. The minimum absolute atomic E-state index is 0.123. The lowest BCUT2D eigenvalue weighted by Crippen LogP contribution is -2.43. The van der Waals surface area contributed by atoms with E-state index in [1.165, 1.54) is 18.2 Å². The number of hydrogen-bond donors (Lipinski definition) is 2. The van der Waals surface area contributed by atoms with E-state index in [1.807, 2.05) is 13.8 Å². The van der Waals surface area contributed by atoms with Crippen molar-refractivity contribution >= 4 is 0 Å². The first-order valence-corrected chi connectivity index (χ1v) is 5.15. The average Bonchev–Trinajstić information content (AvgIpc) is 2.89. The molecular weight excluding hydrogens is 193 g/mol. The molecule has 15 heavy (non-hydrogen) atoms. The van der Waals surface area contributed by atoms with Crippen molar-refractivity contribution in [3.63, 3.8) is 0 Å². The molecule has 0 radical (unpaired) electrons. The van der Waals surface area contributed by atoms with Crippen molar-refractivity contribution < 1.29 is 9.50 Å². The van der Waals surface area contributed by atoms with Gasteiger partial charge in [-0.25, -0.2) is 4.39 Å². The molecule has 0 heterocycles. The van der Waals surface area contributed by atoms with E-state index in [2.05, 4.69) is 0 Å². The second-order valence-corrected chi connectivity index (χ2v) is 4.94. The quantitative estimate of drug-likeness (QED) is 0.785. The van der Waals surface area contributed by atoms with Crippen LogP contribution in [0.3, 0.4) is 0 Å². The summed E-state index contributed by atoms with van der Waals surface area (Å²) in [6, 6.07) is 4.02. The number of nitrogens with two attached hydrogens (primary N) is 1. The molecule has 0 spiro atoms. The van der Waals surface area contributed by atoms with Gasteiger partial charge in [0.15, 0.2) is 0 Å². The molecule has 1 aromatic rings. The Balaban J connectivity index is 2.48. The van der Waals surface area contributed by atoms with Crippen LogP contribution in [0.1, 0.15) is 32.3 Å². The molecule has 1 fully saturated rings. The van der Waals surface area contributed by atoms with Gasteiger partial charge >= 0.3 is 0 Å². The standard InChI is InChI=1S/C12H16FNO/c1-11(2,12(14)5-6-12)9-7-8(13)3-4-10(9)15/h3-4,7,15H,5-6,14H2,1-2H3. The Labute approximate surface area is 88.9 Å². The smallest absolute Gasteiger partial charge is 0.123 e. The highest BCUT2D eigenvalue weighted by Gasteiger charge is 2.52. The van der Waals surface area contributed by atoms with Crippen molar-refractivity contribution in [3.8, 4) is 5.75 Å². The maximum atomic E-state index is 13.1. The second-order valence-electron chi connectivity index (χ2n) is 4.94. The SMILES string of the molecule is CC(C)(c1cc(F)ccc1O)C1(N)CC1. The molecule has 1 aromatic carbocycles. The van der Waals surface area contributed by atoms with Crippen molar-refractivity contribution in [2.75, 3.05) is 0 Å². The zero-order chi connectivity index (χ0) is 11.3. The lowest BCUT2D eigenvalue weighted by Gasteiger charge is -2.33. The van der Waals surface area contributed by atoms with Crippen LogP contribution in [0.15, 0.2) is 18.2 Å². The van der Waals surface area contributed by atoms with Gasteiger partial charge in [0.05, 0.1) is 0 Å². The van der Waals surface area contributed by atoms with E-state index in [4.69, 9.17) is 5.73 Å². The third-order valence-electron chi connectivity index (χ3n) is 3.67. The summed E-state index contributed by atoms with van der Waals surface area (Å²) in [7, 11) is 0. The molecule has 82 valence electrons. The van der Waals surface area contributed by atoms with Crippen LogP contribution in [0.5, 0.6) is 5.75 Å². The molecule has 1 saturated carbocycles. The molecule has 2 nitrogen and oxygen atoms in total. The van der Waals surface area contributed by atoms with Crippen molar-refractivity contribution in [2.45, 2.75) is 37.6 Å². The van der Waals surface area contributed by atoms with Gasteiger partial charge in [-0.05, 0) is 31.0 Å². The highest BCUT2D eigenvalue weighted by Crippen LogP contribution is 2.51. The molecule has 0 bridgehead atoms. The van der Waals surface area contributed by atoms with Crippen LogP contribution in [0.25, 0.3) is 0 Å². The van der Waals surface area contributed by atoms with Gasteiger partial charge in [0.2, 0.25) is 0 Å². The van der Waals surface area contributed by atoms with Gasteiger partial charge in [0, 0.05) is 16.5 Å². The minimum Gasteiger partial charge on any atom is -0.508 e. The Morgan fingerprint density at radius 2 is 2.00 bits per heavy atom. The maximum absolute atomic E-state index is 13.1. The molecule has 0 aliphatic heterocycles. The zero-order valence-corrected chi connectivity index (χ0v) is 9.05. The molecule has 0 unspecified atom stereocenters.